The predicted octanol–water partition coefficient (Wildman–Crippen LogP) is 4.65. The second-order valence-electron chi connectivity index (χ2n) is 9.32. The first-order valence-corrected chi connectivity index (χ1v) is 13.5. The van der Waals surface area contributed by atoms with Crippen LogP contribution in [0, 0.1) is 6.92 Å². The lowest BCUT2D eigenvalue weighted by Gasteiger charge is -2.20. The molecule has 3 rings (SSSR count). The van der Waals surface area contributed by atoms with Crippen LogP contribution in [0.1, 0.15) is 62.4 Å². The lowest BCUT2D eigenvalue weighted by atomic mass is 10.2. The van der Waals surface area contributed by atoms with Crippen molar-refractivity contribution in [1.29, 1.82) is 0 Å². The van der Waals surface area contributed by atoms with E-state index in [4.69, 9.17) is 16.3 Å². The highest BCUT2D eigenvalue weighted by Crippen LogP contribution is 2.25. The molecular formula is C24H30ClN5O5S. The normalized spacial score (nSPS) is 11.9. The minimum Gasteiger partial charge on any atom is -0.444 e. The highest BCUT2D eigenvalue weighted by Gasteiger charge is 2.20. The number of carbonyl (C=O) groups is 2. The van der Waals surface area contributed by atoms with Crippen molar-refractivity contribution in [3.05, 3.63) is 52.4 Å². The molecule has 12 heteroatoms. The van der Waals surface area contributed by atoms with Gasteiger partial charge in [0, 0.05) is 10.7 Å². The third-order valence-electron chi connectivity index (χ3n) is 5.06. The molecule has 0 bridgehead atoms. The molecule has 3 aromatic rings. The monoisotopic (exact) mass is 535 g/mol. The van der Waals surface area contributed by atoms with Gasteiger partial charge in [-0.25, -0.2) is 27.9 Å². The number of anilines is 1. The fraction of sp³-hybridized carbons (Fsp3) is 0.417. The summed E-state index contributed by atoms with van der Waals surface area (Å²) in [5.41, 5.74) is 1.51. The van der Waals surface area contributed by atoms with E-state index in [1.807, 2.05) is 6.92 Å². The number of sulfonamides is 1. The molecule has 2 amide bonds. The molecular weight excluding hydrogens is 506 g/mol. The van der Waals surface area contributed by atoms with Gasteiger partial charge in [0.05, 0.1) is 12.3 Å². The van der Waals surface area contributed by atoms with Crippen LogP contribution in [0.3, 0.4) is 0 Å². The van der Waals surface area contributed by atoms with Gasteiger partial charge in [-0.2, -0.15) is 0 Å². The minimum absolute atomic E-state index is 0.0354. The Labute approximate surface area is 215 Å². The molecule has 0 saturated heterocycles. The van der Waals surface area contributed by atoms with Gasteiger partial charge in [-0.3, -0.25) is 10.1 Å². The lowest BCUT2D eigenvalue weighted by molar-refractivity contribution is 0.0635. The zero-order valence-corrected chi connectivity index (χ0v) is 22.5. The molecule has 194 valence electrons. The molecule has 1 aromatic carbocycles. The molecule has 0 fully saturated rings. The molecule has 0 saturated carbocycles. The molecule has 0 radical (unpaired) electrons. The number of benzene rings is 1. The van der Waals surface area contributed by atoms with Crippen LogP contribution in [0.2, 0.25) is 5.02 Å². The van der Waals surface area contributed by atoms with E-state index in [0.29, 0.717) is 47.1 Å². The average Bonchev–Trinajstić information content (AvgIpc) is 3.06. The molecule has 0 spiro atoms. The van der Waals surface area contributed by atoms with Gasteiger partial charge in [-0.05, 0) is 63.9 Å². The average molecular weight is 536 g/mol. The van der Waals surface area contributed by atoms with Crippen molar-refractivity contribution in [2.75, 3.05) is 11.1 Å². The lowest BCUT2D eigenvalue weighted by Crippen LogP contribution is -2.33. The van der Waals surface area contributed by atoms with Gasteiger partial charge in [0.1, 0.15) is 22.6 Å². The summed E-state index contributed by atoms with van der Waals surface area (Å²) < 4.78 is 33.3. The van der Waals surface area contributed by atoms with Crippen molar-refractivity contribution in [3.8, 4) is 0 Å². The molecule has 0 aliphatic heterocycles. The number of rotatable bonds is 8. The summed E-state index contributed by atoms with van der Waals surface area (Å²) in [7, 11) is -3.74. The number of nitrogens with one attached hydrogen (secondary N) is 2. The fourth-order valence-corrected chi connectivity index (χ4v) is 4.75. The van der Waals surface area contributed by atoms with Crippen LogP contribution >= 0.6 is 11.6 Å². The van der Waals surface area contributed by atoms with Crippen molar-refractivity contribution in [3.63, 3.8) is 0 Å². The van der Waals surface area contributed by atoms with Crippen LogP contribution in [0.4, 0.5) is 10.5 Å². The SMILES string of the molecule is CCCCS(=O)(=O)NC(=O)c1ccc2nc(C)n(Cc3ccc(NC(=O)OC(C)(C)C)cc3Cl)c2n1. The number of fused-ring (bicyclic) bond motifs is 1. The number of aromatic nitrogens is 3. The maximum atomic E-state index is 12.6. The zero-order chi connectivity index (χ0) is 26.7. The summed E-state index contributed by atoms with van der Waals surface area (Å²) >= 11 is 6.49. The van der Waals surface area contributed by atoms with E-state index in [9.17, 15) is 18.0 Å². The second-order valence-corrected chi connectivity index (χ2v) is 11.6. The molecule has 0 aliphatic carbocycles. The van der Waals surface area contributed by atoms with Crippen LogP contribution in [-0.4, -0.2) is 46.3 Å². The zero-order valence-electron chi connectivity index (χ0n) is 20.9. The summed E-state index contributed by atoms with van der Waals surface area (Å²) in [6.07, 6.45) is 0.557. The minimum atomic E-state index is -3.74. The number of imidazole rings is 1. The van der Waals surface area contributed by atoms with Crippen molar-refractivity contribution in [2.45, 2.75) is 59.6 Å². The summed E-state index contributed by atoms with van der Waals surface area (Å²) in [6.45, 7) is 9.27. The number of hydrogen-bond donors (Lipinski definition) is 2. The second kappa shape index (κ2) is 10.8. The van der Waals surface area contributed by atoms with Crippen LogP contribution < -0.4 is 10.0 Å². The van der Waals surface area contributed by atoms with Gasteiger partial charge in [0.25, 0.3) is 5.91 Å². The van der Waals surface area contributed by atoms with Gasteiger partial charge in [0.2, 0.25) is 10.0 Å². The number of halogens is 1. The number of aryl methyl sites for hydroxylation is 1. The molecule has 36 heavy (non-hydrogen) atoms. The van der Waals surface area contributed by atoms with E-state index >= 15 is 0 Å². The number of pyridine rings is 1. The topological polar surface area (TPSA) is 132 Å². The molecule has 0 atom stereocenters. The predicted molar refractivity (Wildman–Crippen MR) is 139 cm³/mol. The van der Waals surface area contributed by atoms with Crippen molar-refractivity contribution in [2.24, 2.45) is 0 Å². The Morgan fingerprint density at radius 3 is 2.50 bits per heavy atom. The van der Waals surface area contributed by atoms with Crippen LogP contribution in [-0.2, 0) is 21.3 Å². The Morgan fingerprint density at radius 2 is 1.86 bits per heavy atom. The Kier molecular flexibility index (Phi) is 8.25. The largest absolute Gasteiger partial charge is 0.444 e. The van der Waals surface area contributed by atoms with Gasteiger partial charge in [0.15, 0.2) is 5.65 Å². The molecule has 0 unspecified atom stereocenters. The third-order valence-corrected chi connectivity index (χ3v) is 6.73. The summed E-state index contributed by atoms with van der Waals surface area (Å²) in [6, 6.07) is 8.13. The molecule has 10 nitrogen and oxygen atoms in total. The summed E-state index contributed by atoms with van der Waals surface area (Å²) in [5.74, 6) is -0.294. The first-order valence-electron chi connectivity index (χ1n) is 11.4. The van der Waals surface area contributed by atoms with E-state index < -0.39 is 27.6 Å². The highest BCUT2D eigenvalue weighted by molar-refractivity contribution is 7.90. The van der Waals surface area contributed by atoms with Gasteiger partial charge < -0.3 is 9.30 Å². The number of ether oxygens (including phenoxy) is 1. The van der Waals surface area contributed by atoms with E-state index in [1.165, 1.54) is 6.07 Å². The third kappa shape index (κ3) is 7.17. The van der Waals surface area contributed by atoms with Gasteiger partial charge >= 0.3 is 6.09 Å². The van der Waals surface area contributed by atoms with Gasteiger partial charge in [-0.15, -0.1) is 0 Å². The van der Waals surface area contributed by atoms with Crippen molar-refractivity contribution < 1.29 is 22.7 Å². The van der Waals surface area contributed by atoms with Crippen molar-refractivity contribution >= 4 is 50.5 Å². The summed E-state index contributed by atoms with van der Waals surface area (Å²) in [4.78, 5) is 33.5. The highest BCUT2D eigenvalue weighted by atomic mass is 35.5. The van der Waals surface area contributed by atoms with Crippen LogP contribution in [0.25, 0.3) is 11.2 Å². The number of hydrogen-bond acceptors (Lipinski definition) is 7. The van der Waals surface area contributed by atoms with E-state index in [0.717, 1.165) is 5.56 Å². The number of unbranched alkanes of at least 4 members (excludes halogenated alkanes) is 1. The smallest absolute Gasteiger partial charge is 0.412 e. The van der Waals surface area contributed by atoms with Gasteiger partial charge in [-0.1, -0.05) is 31.0 Å². The van der Waals surface area contributed by atoms with Crippen LogP contribution in [0.15, 0.2) is 30.3 Å². The Balaban J connectivity index is 1.83. The quantitative estimate of drug-likeness (QED) is 0.429. The van der Waals surface area contributed by atoms with E-state index in [-0.39, 0.29) is 11.4 Å². The Morgan fingerprint density at radius 1 is 1.14 bits per heavy atom. The first-order chi connectivity index (χ1) is 16.8. The molecule has 2 aromatic heterocycles. The molecule has 2 N–H and O–H groups in total. The van der Waals surface area contributed by atoms with Crippen molar-refractivity contribution in [1.82, 2.24) is 19.3 Å². The van der Waals surface area contributed by atoms with Crippen LogP contribution in [0.5, 0.6) is 0 Å². The molecule has 2 heterocycles. The maximum Gasteiger partial charge on any atom is 0.412 e. The van der Waals surface area contributed by atoms with E-state index in [2.05, 4.69) is 20.0 Å². The number of amides is 2. The first kappa shape index (κ1) is 27.4. The Hall–Kier alpha value is -3.18. The van der Waals surface area contributed by atoms with E-state index in [1.54, 1.807) is 56.5 Å². The number of nitrogens with zero attached hydrogens (tertiary/aromatic N) is 3. The molecule has 0 aliphatic rings. The summed E-state index contributed by atoms with van der Waals surface area (Å²) in [5, 5.41) is 3.05. The fourth-order valence-electron chi connectivity index (χ4n) is 3.35. The standard InChI is InChI=1S/C24H30ClN5O5S/c1-6-7-12-36(33,34)29-22(31)20-11-10-19-21(28-20)30(15(2)26-19)14-16-8-9-17(13-18(16)25)27-23(32)35-24(3,4)5/h8-11,13H,6-7,12,14H2,1-5H3,(H,27,32)(H,29,31). The Bertz CT molecular complexity index is 1400. The maximum absolute atomic E-state index is 12.6. The number of carbonyl (C=O) groups excluding carboxylic acids is 2.